The van der Waals surface area contributed by atoms with Gasteiger partial charge in [-0.05, 0) is 31.0 Å². The maximum absolute atomic E-state index is 14.0. The van der Waals surface area contributed by atoms with Crippen LogP contribution in [-0.2, 0) is 22.3 Å². The molecule has 5 rings (SSSR count). The maximum Gasteiger partial charge on any atom is 0.419 e. The first kappa shape index (κ1) is 30.7. The highest BCUT2D eigenvalue weighted by molar-refractivity contribution is 7.16. The van der Waals surface area contributed by atoms with E-state index in [0.29, 0.717) is 42.9 Å². The van der Waals surface area contributed by atoms with Crippen molar-refractivity contribution in [3.63, 3.8) is 0 Å². The Morgan fingerprint density at radius 2 is 1.95 bits per heavy atom. The van der Waals surface area contributed by atoms with Crippen molar-refractivity contribution in [1.29, 1.82) is 0 Å². The number of ether oxygens (including phenoxy) is 1. The van der Waals surface area contributed by atoms with Crippen LogP contribution in [0.2, 0.25) is 0 Å². The van der Waals surface area contributed by atoms with Crippen molar-refractivity contribution < 1.29 is 37.0 Å². The molecule has 16 heteroatoms. The summed E-state index contributed by atoms with van der Waals surface area (Å²) in [5.41, 5.74) is 3.72. The highest BCUT2D eigenvalue weighted by Gasteiger charge is 2.42. The normalized spacial score (nSPS) is 19.0. The van der Waals surface area contributed by atoms with E-state index in [9.17, 15) is 32.3 Å². The Labute approximate surface area is 247 Å². The Morgan fingerprint density at radius 1 is 1.21 bits per heavy atom. The predicted octanol–water partition coefficient (Wildman–Crippen LogP) is 3.96. The third kappa shape index (κ3) is 6.46. The summed E-state index contributed by atoms with van der Waals surface area (Å²) in [6.07, 6.45) is -0.314. The van der Waals surface area contributed by atoms with Gasteiger partial charge in [0.2, 0.25) is 0 Å². The van der Waals surface area contributed by atoms with Crippen molar-refractivity contribution >= 4 is 34.2 Å². The summed E-state index contributed by atoms with van der Waals surface area (Å²) in [5, 5.41) is 12.3. The molecule has 1 amide bonds. The van der Waals surface area contributed by atoms with Crippen LogP contribution in [0.25, 0.3) is 11.3 Å². The van der Waals surface area contributed by atoms with Gasteiger partial charge in [-0.25, -0.2) is 24.1 Å². The van der Waals surface area contributed by atoms with Crippen LogP contribution in [0.15, 0.2) is 30.6 Å². The number of alkyl halides is 3. The molecule has 1 aromatic carbocycles. The molecule has 2 aromatic heterocycles. The van der Waals surface area contributed by atoms with Crippen LogP contribution in [-0.4, -0.2) is 75.3 Å². The van der Waals surface area contributed by atoms with Crippen LogP contribution in [0, 0.1) is 5.82 Å². The minimum atomic E-state index is -4.90. The predicted molar refractivity (Wildman–Crippen MR) is 149 cm³/mol. The number of thiazole rings is 1. The number of hydrogen-bond donors (Lipinski definition) is 3. The van der Waals surface area contributed by atoms with E-state index in [1.54, 1.807) is 0 Å². The molecule has 43 heavy (non-hydrogen) atoms. The zero-order valence-electron chi connectivity index (χ0n) is 23.0. The fraction of sp³-hybridized carbons (Fsp3) is 0.444. The van der Waals surface area contributed by atoms with E-state index in [1.807, 2.05) is 9.80 Å². The minimum Gasteiger partial charge on any atom is -0.479 e. The van der Waals surface area contributed by atoms with Crippen molar-refractivity contribution in [3.05, 3.63) is 52.5 Å². The zero-order chi connectivity index (χ0) is 30.9. The number of anilines is 2. The highest BCUT2D eigenvalue weighted by Crippen LogP contribution is 2.38. The molecule has 0 aliphatic carbocycles. The molecule has 2 saturated heterocycles. The molecule has 0 bridgehead atoms. The number of aliphatic carboxylic acids is 1. The van der Waals surface area contributed by atoms with E-state index in [2.05, 4.69) is 20.3 Å². The Bertz CT molecular complexity index is 1490. The molecule has 0 radical (unpaired) electrons. The van der Waals surface area contributed by atoms with Crippen LogP contribution in [0.1, 0.15) is 46.6 Å². The third-order valence-corrected chi connectivity index (χ3v) is 8.73. The maximum atomic E-state index is 14.0. The van der Waals surface area contributed by atoms with E-state index >= 15 is 0 Å². The summed E-state index contributed by atoms with van der Waals surface area (Å²) >= 11 is 1.08. The number of likely N-dealkylation sites (tertiary alicyclic amines) is 1. The van der Waals surface area contributed by atoms with E-state index in [4.69, 9.17) is 10.5 Å². The van der Waals surface area contributed by atoms with Gasteiger partial charge in [0.25, 0.3) is 5.91 Å². The van der Waals surface area contributed by atoms with E-state index in [1.165, 1.54) is 25.6 Å². The van der Waals surface area contributed by atoms with Gasteiger partial charge in [-0.1, -0.05) is 11.3 Å². The van der Waals surface area contributed by atoms with Crippen LogP contribution in [0.4, 0.5) is 28.5 Å². The molecule has 1 atom stereocenters. The van der Waals surface area contributed by atoms with Crippen molar-refractivity contribution in [2.24, 2.45) is 5.73 Å². The van der Waals surface area contributed by atoms with Gasteiger partial charge in [0, 0.05) is 56.6 Å². The molecule has 2 aliphatic heterocycles. The molecule has 2 aliphatic rings. The van der Waals surface area contributed by atoms with Crippen molar-refractivity contribution in [2.75, 3.05) is 37.0 Å². The van der Waals surface area contributed by atoms with Crippen LogP contribution < -0.4 is 16.0 Å². The number of nitrogens with two attached hydrogens (primary N) is 1. The van der Waals surface area contributed by atoms with Crippen molar-refractivity contribution in [3.8, 4) is 11.3 Å². The minimum absolute atomic E-state index is 0.0291. The summed E-state index contributed by atoms with van der Waals surface area (Å²) in [6, 6.07) is 2.68. The molecule has 4 heterocycles. The van der Waals surface area contributed by atoms with Crippen molar-refractivity contribution in [1.82, 2.24) is 19.9 Å². The SMILES string of the molecule is COC1(C(=O)O)CCN(c2cnc(C(=O)Nc3nc(-c4ccc(F)c(C(F)(F)F)c4)c(CN4CCC[C@H]4N)s3)cn2)CC1. The Balaban J connectivity index is 1.34. The first-order valence-corrected chi connectivity index (χ1v) is 14.3. The average Bonchev–Trinajstić information content (AvgIpc) is 3.57. The largest absolute Gasteiger partial charge is 0.479 e. The second-order valence-corrected chi connectivity index (χ2v) is 11.5. The third-order valence-electron chi connectivity index (χ3n) is 7.77. The van der Waals surface area contributed by atoms with Gasteiger partial charge in [0.15, 0.2) is 10.7 Å². The smallest absolute Gasteiger partial charge is 0.419 e. The number of nitrogens with zero attached hydrogens (tertiary/aromatic N) is 5. The van der Waals surface area contributed by atoms with Gasteiger partial charge in [0.1, 0.15) is 17.3 Å². The number of methoxy groups -OCH3 is 1. The standard InChI is InChI=1S/C27H29F4N7O4S/c1-42-26(24(40)41)6-9-37(10-7-26)21-13-33-18(12-34-21)23(39)36-25-35-22(19(43-25)14-38-8-2-3-20(38)32)15-4-5-17(28)16(11-15)27(29,30)31/h4-5,11-13,20H,2-3,6-10,14,32H2,1H3,(H,40,41)(H,35,36,39)/t20-/m0/s1. The van der Waals surface area contributed by atoms with Crippen LogP contribution >= 0.6 is 11.3 Å². The van der Waals surface area contributed by atoms with Gasteiger partial charge in [-0.3, -0.25) is 15.0 Å². The molecule has 0 saturated carbocycles. The summed E-state index contributed by atoms with van der Waals surface area (Å²) in [5.74, 6) is -2.59. The number of aromatic nitrogens is 3. The molecule has 0 unspecified atom stereocenters. The molecule has 11 nitrogen and oxygen atoms in total. The Kier molecular flexibility index (Phi) is 8.65. The fourth-order valence-corrected chi connectivity index (χ4v) is 6.23. The topological polar surface area (TPSA) is 147 Å². The number of hydrogen-bond acceptors (Lipinski definition) is 10. The lowest BCUT2D eigenvalue weighted by atomic mass is 9.91. The number of carbonyl (C=O) groups excluding carboxylic acids is 1. The molecule has 4 N–H and O–H groups in total. The first-order valence-electron chi connectivity index (χ1n) is 13.4. The number of rotatable bonds is 8. The molecule has 3 aromatic rings. The number of carbonyl (C=O) groups is 2. The summed E-state index contributed by atoms with van der Waals surface area (Å²) in [7, 11) is 1.37. The van der Waals surface area contributed by atoms with E-state index in [-0.39, 0.29) is 41.1 Å². The van der Waals surface area contributed by atoms with Gasteiger partial charge in [-0.2, -0.15) is 13.2 Å². The van der Waals surface area contributed by atoms with Crippen LogP contribution in [0.5, 0.6) is 0 Å². The molecule has 0 spiro atoms. The van der Waals surface area contributed by atoms with Gasteiger partial charge < -0.3 is 20.5 Å². The van der Waals surface area contributed by atoms with Gasteiger partial charge >= 0.3 is 12.1 Å². The second-order valence-electron chi connectivity index (χ2n) is 10.4. The van der Waals surface area contributed by atoms with Crippen LogP contribution in [0.3, 0.4) is 0 Å². The molecule has 230 valence electrons. The first-order chi connectivity index (χ1) is 20.4. The molecular weight excluding hydrogens is 594 g/mol. The lowest BCUT2D eigenvalue weighted by Crippen LogP contribution is -2.51. The number of nitrogens with one attached hydrogen (secondary N) is 1. The lowest BCUT2D eigenvalue weighted by Gasteiger charge is -2.38. The molecule has 2 fully saturated rings. The number of benzene rings is 1. The van der Waals surface area contributed by atoms with Crippen molar-refractivity contribution in [2.45, 2.75) is 50.2 Å². The molecular formula is C27H29F4N7O4S. The van der Waals surface area contributed by atoms with Gasteiger partial charge in [-0.15, -0.1) is 0 Å². The zero-order valence-corrected chi connectivity index (χ0v) is 23.8. The number of carboxylic acids is 1. The number of amides is 1. The number of carboxylic acid groups (broad SMARTS) is 1. The quantitative estimate of drug-likeness (QED) is 0.315. The van der Waals surface area contributed by atoms with Gasteiger partial charge in [0.05, 0.1) is 29.8 Å². The summed E-state index contributed by atoms with van der Waals surface area (Å²) in [4.78, 5) is 41.9. The van der Waals surface area contributed by atoms with E-state index in [0.717, 1.165) is 30.2 Å². The summed E-state index contributed by atoms with van der Waals surface area (Å²) < 4.78 is 59.5. The summed E-state index contributed by atoms with van der Waals surface area (Å²) in [6.45, 7) is 1.72. The Morgan fingerprint density at radius 3 is 2.53 bits per heavy atom. The fourth-order valence-electron chi connectivity index (χ4n) is 5.23. The highest BCUT2D eigenvalue weighted by atomic mass is 32.1. The average molecular weight is 624 g/mol. The number of piperidine rings is 1. The van der Waals surface area contributed by atoms with E-state index < -0.39 is 35.0 Å². The Hall–Kier alpha value is -3.73. The lowest BCUT2D eigenvalue weighted by molar-refractivity contribution is -0.164. The second kappa shape index (κ2) is 12.1. The monoisotopic (exact) mass is 623 g/mol. The number of halogens is 4.